The maximum absolute atomic E-state index is 13.4. The molecule has 1 amide bonds. The monoisotopic (exact) mass is 505 g/mol. The van der Waals surface area contributed by atoms with E-state index >= 15 is 0 Å². The number of likely N-dealkylation sites (tertiary alicyclic amines) is 1. The Labute approximate surface area is 199 Å². The third-order valence-corrected chi connectivity index (χ3v) is 8.42. The molecule has 0 radical (unpaired) electrons. The molecular weight excluding hydrogens is 471 g/mol. The lowest BCUT2D eigenvalue weighted by Crippen LogP contribution is -2.50. The number of nitrogens with one attached hydrogen (secondary N) is 1. The van der Waals surface area contributed by atoms with Crippen molar-refractivity contribution < 1.29 is 31.5 Å². The van der Waals surface area contributed by atoms with E-state index in [0.29, 0.717) is 57.8 Å². The standard InChI is InChI=1S/C23H34F3N3O4S/c1-2-4-18(27-11-14-30)16-22(31)28-12-9-20(10-13-28)29(19-7-8-19)34(32,33)21-6-3-5-17(15-21)23(24,25)26/h3,5-6,15,18-20,27,30H,2,4,7-14,16H2,1H3. The SMILES string of the molecule is CCCC(CC(=O)N1CCC(N(C2CC2)S(=O)(=O)c2cccc(C(F)(F)F)c2)CC1)NCCO. The molecule has 1 unspecified atom stereocenters. The Hall–Kier alpha value is -1.69. The van der Waals surface area contributed by atoms with Crippen molar-refractivity contribution in [3.05, 3.63) is 29.8 Å². The van der Waals surface area contributed by atoms with E-state index in [1.165, 1.54) is 10.4 Å². The average Bonchev–Trinajstić information content (AvgIpc) is 3.62. The Morgan fingerprint density at radius 3 is 2.41 bits per heavy atom. The number of nitrogens with zero attached hydrogens (tertiary/aromatic N) is 2. The van der Waals surface area contributed by atoms with Crippen LogP contribution in [0.1, 0.15) is 57.4 Å². The van der Waals surface area contributed by atoms with Crippen molar-refractivity contribution in [2.24, 2.45) is 0 Å². The average molecular weight is 506 g/mol. The van der Waals surface area contributed by atoms with Gasteiger partial charge in [-0.1, -0.05) is 19.4 Å². The van der Waals surface area contributed by atoms with Crippen molar-refractivity contribution in [1.82, 2.24) is 14.5 Å². The Kier molecular flexibility index (Phi) is 8.99. The molecular formula is C23H34F3N3O4S. The number of alkyl halides is 3. The van der Waals surface area contributed by atoms with Gasteiger partial charge >= 0.3 is 6.18 Å². The number of aliphatic hydroxyl groups is 1. The van der Waals surface area contributed by atoms with Crippen LogP contribution in [0.25, 0.3) is 0 Å². The van der Waals surface area contributed by atoms with Crippen LogP contribution in [0.5, 0.6) is 0 Å². The number of hydrogen-bond donors (Lipinski definition) is 2. The van der Waals surface area contributed by atoms with Crippen molar-refractivity contribution in [1.29, 1.82) is 0 Å². The zero-order valence-electron chi connectivity index (χ0n) is 19.4. The number of carbonyl (C=O) groups excluding carboxylic acids is 1. The number of benzene rings is 1. The molecule has 0 spiro atoms. The highest BCUT2D eigenvalue weighted by Crippen LogP contribution is 2.38. The van der Waals surface area contributed by atoms with E-state index in [9.17, 15) is 26.4 Å². The number of hydrogen-bond acceptors (Lipinski definition) is 5. The molecule has 1 aromatic rings. The highest BCUT2D eigenvalue weighted by Gasteiger charge is 2.44. The minimum atomic E-state index is -4.62. The second kappa shape index (κ2) is 11.4. The Bertz CT molecular complexity index is 930. The molecule has 2 aliphatic rings. The number of aliphatic hydroxyl groups excluding tert-OH is 1. The second-order valence-corrected chi connectivity index (χ2v) is 10.9. The summed E-state index contributed by atoms with van der Waals surface area (Å²) in [6.07, 6.45) is -0.323. The molecule has 34 heavy (non-hydrogen) atoms. The van der Waals surface area contributed by atoms with Crippen LogP contribution in [-0.4, -0.2) is 73.0 Å². The summed E-state index contributed by atoms with van der Waals surface area (Å²) in [6.45, 7) is 3.26. The first-order chi connectivity index (χ1) is 16.1. The van der Waals surface area contributed by atoms with Crippen molar-refractivity contribution in [2.45, 2.75) is 81.1 Å². The largest absolute Gasteiger partial charge is 0.416 e. The number of carbonyl (C=O) groups is 1. The van der Waals surface area contributed by atoms with Crippen molar-refractivity contribution >= 4 is 15.9 Å². The summed E-state index contributed by atoms with van der Waals surface area (Å²) < 4.78 is 67.6. The molecule has 1 saturated carbocycles. The first kappa shape index (κ1) is 26.9. The summed E-state index contributed by atoms with van der Waals surface area (Å²) >= 11 is 0. The number of halogens is 3. The molecule has 1 saturated heterocycles. The van der Waals surface area contributed by atoms with Crippen LogP contribution < -0.4 is 5.32 Å². The highest BCUT2D eigenvalue weighted by atomic mass is 32.2. The molecule has 2 N–H and O–H groups in total. The quantitative estimate of drug-likeness (QED) is 0.483. The molecule has 0 bridgehead atoms. The predicted octanol–water partition coefficient (Wildman–Crippen LogP) is 2.99. The summed E-state index contributed by atoms with van der Waals surface area (Å²) in [5, 5.41) is 12.2. The molecule has 1 aliphatic heterocycles. The lowest BCUT2D eigenvalue weighted by Gasteiger charge is -2.38. The number of sulfonamides is 1. The topological polar surface area (TPSA) is 90.0 Å². The molecule has 1 atom stereocenters. The van der Waals surface area contributed by atoms with Gasteiger partial charge in [-0.15, -0.1) is 0 Å². The molecule has 0 aromatic heterocycles. The van der Waals surface area contributed by atoms with Gasteiger partial charge in [0.1, 0.15) is 0 Å². The van der Waals surface area contributed by atoms with Crippen molar-refractivity contribution in [3.63, 3.8) is 0 Å². The van der Waals surface area contributed by atoms with E-state index in [2.05, 4.69) is 5.32 Å². The summed E-state index contributed by atoms with van der Waals surface area (Å²) in [7, 11) is -4.10. The van der Waals surface area contributed by atoms with Crippen molar-refractivity contribution in [2.75, 3.05) is 26.2 Å². The number of amides is 1. The summed E-state index contributed by atoms with van der Waals surface area (Å²) in [4.78, 5) is 14.2. The third kappa shape index (κ3) is 6.71. The van der Waals surface area contributed by atoms with Crippen LogP contribution in [0.15, 0.2) is 29.2 Å². The number of piperidine rings is 1. The van der Waals surface area contributed by atoms with Crippen LogP contribution in [0.3, 0.4) is 0 Å². The van der Waals surface area contributed by atoms with Crippen LogP contribution in [0.4, 0.5) is 13.2 Å². The Morgan fingerprint density at radius 1 is 1.21 bits per heavy atom. The Morgan fingerprint density at radius 2 is 1.85 bits per heavy atom. The summed E-state index contributed by atoms with van der Waals surface area (Å²) in [6, 6.07) is 3.33. The fraction of sp³-hybridized carbons (Fsp3) is 0.696. The van der Waals surface area contributed by atoms with Gasteiger partial charge in [-0.05, 0) is 50.3 Å². The molecule has 3 rings (SSSR count). The zero-order valence-corrected chi connectivity index (χ0v) is 20.2. The number of rotatable bonds is 11. The van der Waals surface area contributed by atoms with Gasteiger partial charge in [-0.25, -0.2) is 8.42 Å². The van der Waals surface area contributed by atoms with Gasteiger partial charge < -0.3 is 15.3 Å². The van der Waals surface area contributed by atoms with Crippen LogP contribution in [0, 0.1) is 0 Å². The van der Waals surface area contributed by atoms with E-state index in [0.717, 1.165) is 25.0 Å². The van der Waals surface area contributed by atoms with Gasteiger partial charge in [0, 0.05) is 44.2 Å². The van der Waals surface area contributed by atoms with Gasteiger partial charge in [0.15, 0.2) is 0 Å². The minimum Gasteiger partial charge on any atom is -0.395 e. The Balaban J connectivity index is 1.67. The van der Waals surface area contributed by atoms with E-state index < -0.39 is 21.8 Å². The van der Waals surface area contributed by atoms with Gasteiger partial charge in [0.25, 0.3) is 0 Å². The molecule has 7 nitrogen and oxygen atoms in total. The normalized spacial score (nSPS) is 18.9. The van der Waals surface area contributed by atoms with Gasteiger partial charge in [-0.2, -0.15) is 17.5 Å². The lowest BCUT2D eigenvalue weighted by molar-refractivity contribution is -0.137. The molecule has 192 valence electrons. The van der Waals surface area contributed by atoms with E-state index in [4.69, 9.17) is 5.11 Å². The van der Waals surface area contributed by atoms with Crippen molar-refractivity contribution in [3.8, 4) is 0 Å². The van der Waals surface area contributed by atoms with Crippen LogP contribution >= 0.6 is 0 Å². The zero-order chi connectivity index (χ0) is 24.9. The van der Waals surface area contributed by atoms with Crippen LogP contribution in [-0.2, 0) is 21.0 Å². The molecule has 11 heteroatoms. The maximum atomic E-state index is 13.4. The maximum Gasteiger partial charge on any atom is 0.416 e. The molecule has 1 aliphatic carbocycles. The second-order valence-electron chi connectivity index (χ2n) is 9.07. The van der Waals surface area contributed by atoms with Gasteiger partial charge in [-0.3, -0.25) is 4.79 Å². The molecule has 2 fully saturated rings. The first-order valence-corrected chi connectivity index (χ1v) is 13.3. The fourth-order valence-corrected chi connectivity index (χ4v) is 6.55. The molecule has 1 heterocycles. The van der Waals surface area contributed by atoms with E-state index in [1.54, 1.807) is 4.90 Å². The highest BCUT2D eigenvalue weighted by molar-refractivity contribution is 7.89. The first-order valence-electron chi connectivity index (χ1n) is 11.9. The predicted molar refractivity (Wildman–Crippen MR) is 121 cm³/mol. The third-order valence-electron chi connectivity index (χ3n) is 6.42. The summed E-state index contributed by atoms with van der Waals surface area (Å²) in [5.41, 5.74) is -0.985. The van der Waals surface area contributed by atoms with Gasteiger partial charge in [0.2, 0.25) is 15.9 Å². The minimum absolute atomic E-state index is 0.00282. The smallest absolute Gasteiger partial charge is 0.395 e. The fourth-order valence-electron chi connectivity index (χ4n) is 4.58. The van der Waals surface area contributed by atoms with Crippen LogP contribution in [0.2, 0.25) is 0 Å². The lowest BCUT2D eigenvalue weighted by atomic mass is 10.0. The van der Waals surface area contributed by atoms with E-state index in [-0.39, 0.29) is 35.5 Å². The van der Waals surface area contributed by atoms with E-state index in [1.807, 2.05) is 6.92 Å². The van der Waals surface area contributed by atoms with Gasteiger partial charge in [0.05, 0.1) is 17.1 Å². The molecule has 1 aromatic carbocycles. The summed E-state index contributed by atoms with van der Waals surface area (Å²) in [5.74, 6) is -0.0129.